The van der Waals surface area contributed by atoms with E-state index in [0.717, 1.165) is 37.5 Å². The van der Waals surface area contributed by atoms with Crippen molar-refractivity contribution in [3.63, 3.8) is 0 Å². The molecule has 1 fully saturated rings. The number of aliphatic hydroxyl groups excluding tert-OH is 1. The van der Waals surface area contributed by atoms with E-state index in [9.17, 15) is 5.11 Å². The normalized spacial score (nSPS) is 26.2. The Labute approximate surface area is 110 Å². The minimum atomic E-state index is -0.374. The fourth-order valence-electron chi connectivity index (χ4n) is 3.22. The van der Waals surface area contributed by atoms with Gasteiger partial charge in [0, 0.05) is 18.9 Å². The smallest absolute Gasteiger partial charge is 0.137 e. The second kappa shape index (κ2) is 6.37. The van der Waals surface area contributed by atoms with Gasteiger partial charge in [-0.15, -0.1) is 0 Å². The Kier molecular flexibility index (Phi) is 4.81. The highest BCUT2D eigenvalue weighted by molar-refractivity contribution is 4.99. The molecule has 18 heavy (non-hydrogen) atoms. The largest absolute Gasteiger partial charge is 0.385 e. The molecule has 102 valence electrons. The molecule has 1 N–H and O–H groups in total. The molecule has 0 radical (unpaired) electrons. The predicted molar refractivity (Wildman–Crippen MR) is 73.2 cm³/mol. The molecule has 3 nitrogen and oxygen atoms in total. The van der Waals surface area contributed by atoms with Gasteiger partial charge in [-0.25, -0.2) is 4.98 Å². The molecule has 3 heteroatoms. The van der Waals surface area contributed by atoms with E-state index in [1.807, 2.05) is 12.4 Å². The van der Waals surface area contributed by atoms with Crippen LogP contribution in [-0.4, -0.2) is 14.7 Å². The van der Waals surface area contributed by atoms with Crippen molar-refractivity contribution in [3.8, 4) is 0 Å². The standard InChI is InChI=1S/C15H26N2O/c1-3-9-17-10-8-16-15(17)14(18)13-7-5-6-12(4-2)11-13/h8,10,12-14,18H,3-7,9,11H2,1-2H3. The van der Waals surface area contributed by atoms with Gasteiger partial charge in [-0.2, -0.15) is 0 Å². The van der Waals surface area contributed by atoms with Crippen LogP contribution in [0.5, 0.6) is 0 Å². The van der Waals surface area contributed by atoms with Crippen molar-refractivity contribution < 1.29 is 5.11 Å². The van der Waals surface area contributed by atoms with Crippen molar-refractivity contribution in [2.45, 2.75) is 65.0 Å². The summed E-state index contributed by atoms with van der Waals surface area (Å²) in [6.07, 6.45) is 10.7. The third-order valence-corrected chi connectivity index (χ3v) is 4.32. The second-order valence-electron chi connectivity index (χ2n) is 5.62. The van der Waals surface area contributed by atoms with Crippen LogP contribution in [0.4, 0.5) is 0 Å². The van der Waals surface area contributed by atoms with E-state index >= 15 is 0 Å². The molecule has 2 rings (SSSR count). The van der Waals surface area contributed by atoms with Gasteiger partial charge in [0.25, 0.3) is 0 Å². The zero-order valence-electron chi connectivity index (χ0n) is 11.7. The van der Waals surface area contributed by atoms with Crippen molar-refractivity contribution in [1.82, 2.24) is 9.55 Å². The van der Waals surface area contributed by atoms with Crippen molar-refractivity contribution >= 4 is 0 Å². The first-order chi connectivity index (χ1) is 8.76. The maximum Gasteiger partial charge on any atom is 0.137 e. The maximum absolute atomic E-state index is 10.6. The molecular weight excluding hydrogens is 224 g/mol. The van der Waals surface area contributed by atoms with Crippen molar-refractivity contribution in [2.24, 2.45) is 11.8 Å². The molecule has 1 saturated carbocycles. The molecule has 3 unspecified atom stereocenters. The third kappa shape index (κ3) is 2.94. The van der Waals surface area contributed by atoms with Crippen molar-refractivity contribution in [1.29, 1.82) is 0 Å². The SMILES string of the molecule is CCCn1ccnc1C(O)C1CCCC(CC)C1. The van der Waals surface area contributed by atoms with E-state index < -0.39 is 0 Å². The zero-order chi connectivity index (χ0) is 13.0. The molecule has 0 aliphatic heterocycles. The lowest BCUT2D eigenvalue weighted by molar-refractivity contribution is 0.0581. The molecule has 1 heterocycles. The summed E-state index contributed by atoms with van der Waals surface area (Å²) in [7, 11) is 0. The van der Waals surface area contributed by atoms with Crippen LogP contribution in [0, 0.1) is 11.8 Å². The number of aliphatic hydroxyl groups is 1. The summed E-state index contributed by atoms with van der Waals surface area (Å²) >= 11 is 0. The lowest BCUT2D eigenvalue weighted by Crippen LogP contribution is -2.23. The number of hydrogen-bond acceptors (Lipinski definition) is 2. The average molecular weight is 250 g/mol. The summed E-state index contributed by atoms with van der Waals surface area (Å²) in [4.78, 5) is 4.37. The van der Waals surface area contributed by atoms with E-state index in [4.69, 9.17) is 0 Å². The molecule has 0 aromatic carbocycles. The van der Waals surface area contributed by atoms with Crippen LogP contribution in [0.1, 0.15) is 64.3 Å². The quantitative estimate of drug-likeness (QED) is 0.868. The topological polar surface area (TPSA) is 38.0 Å². The third-order valence-electron chi connectivity index (χ3n) is 4.32. The minimum Gasteiger partial charge on any atom is -0.385 e. The first-order valence-corrected chi connectivity index (χ1v) is 7.45. The summed E-state index contributed by atoms with van der Waals surface area (Å²) in [6.45, 7) is 5.37. The Morgan fingerprint density at radius 2 is 2.28 bits per heavy atom. The summed E-state index contributed by atoms with van der Waals surface area (Å²) in [5.41, 5.74) is 0. The van der Waals surface area contributed by atoms with Crippen LogP contribution in [0.25, 0.3) is 0 Å². The number of aromatic nitrogens is 2. The fraction of sp³-hybridized carbons (Fsp3) is 0.800. The van der Waals surface area contributed by atoms with Crippen molar-refractivity contribution in [2.75, 3.05) is 0 Å². The average Bonchev–Trinajstić information content (AvgIpc) is 2.86. The molecular formula is C15H26N2O. The fourth-order valence-corrected chi connectivity index (χ4v) is 3.22. The van der Waals surface area contributed by atoms with Crippen LogP contribution in [0.3, 0.4) is 0 Å². The molecule has 0 saturated heterocycles. The Morgan fingerprint density at radius 1 is 1.44 bits per heavy atom. The first kappa shape index (κ1) is 13.6. The van der Waals surface area contributed by atoms with Gasteiger partial charge in [-0.3, -0.25) is 0 Å². The predicted octanol–water partition coefficient (Wildman–Crippen LogP) is 3.54. The number of rotatable bonds is 5. The zero-order valence-corrected chi connectivity index (χ0v) is 11.7. The van der Waals surface area contributed by atoms with Gasteiger partial charge in [-0.05, 0) is 31.1 Å². The van der Waals surface area contributed by atoms with E-state index in [-0.39, 0.29) is 6.10 Å². The van der Waals surface area contributed by atoms with E-state index in [2.05, 4.69) is 23.4 Å². The molecule has 1 aliphatic carbocycles. The Balaban J connectivity index is 2.05. The van der Waals surface area contributed by atoms with E-state index in [0.29, 0.717) is 5.92 Å². The van der Waals surface area contributed by atoms with Crippen LogP contribution >= 0.6 is 0 Å². The highest BCUT2D eigenvalue weighted by Crippen LogP contribution is 2.37. The van der Waals surface area contributed by atoms with E-state index in [1.54, 1.807) is 0 Å². The van der Waals surface area contributed by atoms with Crippen LogP contribution in [-0.2, 0) is 6.54 Å². The van der Waals surface area contributed by atoms with Crippen LogP contribution in [0.15, 0.2) is 12.4 Å². The lowest BCUT2D eigenvalue weighted by atomic mass is 9.77. The molecule has 3 atom stereocenters. The minimum absolute atomic E-state index is 0.374. The van der Waals surface area contributed by atoms with Gasteiger partial charge in [0.15, 0.2) is 0 Å². The monoisotopic (exact) mass is 250 g/mol. The summed E-state index contributed by atoms with van der Waals surface area (Å²) in [5.74, 6) is 2.08. The number of nitrogens with zero attached hydrogens (tertiary/aromatic N) is 2. The number of imidazole rings is 1. The maximum atomic E-state index is 10.6. The second-order valence-corrected chi connectivity index (χ2v) is 5.62. The Morgan fingerprint density at radius 3 is 3.00 bits per heavy atom. The molecule has 0 bridgehead atoms. The van der Waals surface area contributed by atoms with Crippen LogP contribution in [0.2, 0.25) is 0 Å². The number of aryl methyl sites for hydroxylation is 1. The van der Waals surface area contributed by atoms with Gasteiger partial charge in [0.1, 0.15) is 11.9 Å². The highest BCUT2D eigenvalue weighted by Gasteiger charge is 2.29. The van der Waals surface area contributed by atoms with E-state index in [1.165, 1.54) is 19.3 Å². The molecule has 1 aromatic heterocycles. The highest BCUT2D eigenvalue weighted by atomic mass is 16.3. The molecule has 1 aromatic rings. The van der Waals surface area contributed by atoms with Gasteiger partial charge in [0.05, 0.1) is 0 Å². The Hall–Kier alpha value is -0.830. The molecule has 1 aliphatic rings. The lowest BCUT2D eigenvalue weighted by Gasteiger charge is -2.31. The summed E-state index contributed by atoms with van der Waals surface area (Å²) in [6, 6.07) is 0. The van der Waals surface area contributed by atoms with Crippen LogP contribution < -0.4 is 0 Å². The summed E-state index contributed by atoms with van der Waals surface area (Å²) in [5, 5.41) is 10.6. The van der Waals surface area contributed by atoms with Gasteiger partial charge in [0.2, 0.25) is 0 Å². The van der Waals surface area contributed by atoms with Crippen molar-refractivity contribution in [3.05, 3.63) is 18.2 Å². The first-order valence-electron chi connectivity index (χ1n) is 7.45. The molecule has 0 spiro atoms. The summed E-state index contributed by atoms with van der Waals surface area (Å²) < 4.78 is 2.11. The number of hydrogen-bond donors (Lipinski definition) is 1. The van der Waals surface area contributed by atoms with Gasteiger partial charge in [-0.1, -0.05) is 33.1 Å². The molecule has 0 amide bonds. The van der Waals surface area contributed by atoms with Gasteiger partial charge >= 0.3 is 0 Å². The van der Waals surface area contributed by atoms with Gasteiger partial charge < -0.3 is 9.67 Å². The Bertz CT molecular complexity index is 361.